The van der Waals surface area contributed by atoms with Gasteiger partial charge in [-0.25, -0.2) is 0 Å². The van der Waals surface area contributed by atoms with Gasteiger partial charge in [0, 0.05) is 25.8 Å². The van der Waals surface area contributed by atoms with E-state index < -0.39 is 5.60 Å². The largest absolute Gasteiger partial charge is 0.397 e. The Bertz CT molecular complexity index is 418. The number of aryl methyl sites for hydroxylation is 1. The third-order valence-electron chi connectivity index (χ3n) is 2.72. The highest BCUT2D eigenvalue weighted by Crippen LogP contribution is 2.15. The van der Waals surface area contributed by atoms with E-state index in [9.17, 15) is 9.90 Å². The number of anilines is 1. The van der Waals surface area contributed by atoms with Crippen molar-refractivity contribution in [2.75, 3.05) is 18.8 Å². The monoisotopic (exact) mass is 253 g/mol. The van der Waals surface area contributed by atoms with Crippen LogP contribution in [-0.2, 0) is 6.54 Å². The maximum atomic E-state index is 12.4. The van der Waals surface area contributed by atoms with Crippen molar-refractivity contribution >= 4 is 11.6 Å². The van der Waals surface area contributed by atoms with Crippen LogP contribution >= 0.6 is 0 Å². The molecular weight excluding hydrogens is 230 g/mol. The molecule has 0 saturated heterocycles. The SMILES string of the molecule is CCN(CC(C)(C)O)C(=O)c1cc(N)cn1CC. The lowest BCUT2D eigenvalue weighted by atomic mass is 10.1. The van der Waals surface area contributed by atoms with Crippen molar-refractivity contribution < 1.29 is 9.90 Å². The fourth-order valence-electron chi connectivity index (χ4n) is 1.93. The van der Waals surface area contributed by atoms with E-state index >= 15 is 0 Å². The lowest BCUT2D eigenvalue weighted by Gasteiger charge is -2.28. The second-order valence-electron chi connectivity index (χ2n) is 5.08. The Labute approximate surface area is 108 Å². The maximum absolute atomic E-state index is 12.4. The van der Waals surface area contributed by atoms with Crippen molar-refractivity contribution in [1.29, 1.82) is 0 Å². The number of rotatable bonds is 5. The Balaban J connectivity index is 2.96. The summed E-state index contributed by atoms with van der Waals surface area (Å²) in [4.78, 5) is 14.0. The standard InChI is InChI=1S/C13H23N3O2/c1-5-15-8-10(14)7-11(15)12(17)16(6-2)9-13(3,4)18/h7-8,18H,5-6,9,14H2,1-4H3. The van der Waals surface area contributed by atoms with Gasteiger partial charge in [0.15, 0.2) is 0 Å². The van der Waals surface area contributed by atoms with Crippen LogP contribution in [0.4, 0.5) is 5.69 Å². The zero-order valence-electron chi connectivity index (χ0n) is 11.6. The Morgan fingerprint density at radius 3 is 2.56 bits per heavy atom. The summed E-state index contributed by atoms with van der Waals surface area (Å²) in [5.74, 6) is -0.0989. The number of carbonyl (C=O) groups excluding carboxylic acids is 1. The zero-order valence-corrected chi connectivity index (χ0v) is 11.6. The molecule has 0 aromatic carbocycles. The molecule has 18 heavy (non-hydrogen) atoms. The van der Waals surface area contributed by atoms with E-state index in [4.69, 9.17) is 5.73 Å². The molecule has 1 rings (SSSR count). The van der Waals surface area contributed by atoms with Gasteiger partial charge >= 0.3 is 0 Å². The highest BCUT2D eigenvalue weighted by Gasteiger charge is 2.24. The first-order valence-corrected chi connectivity index (χ1v) is 6.25. The molecule has 0 aliphatic heterocycles. The average molecular weight is 253 g/mol. The number of hydrogen-bond donors (Lipinski definition) is 2. The quantitative estimate of drug-likeness (QED) is 0.831. The van der Waals surface area contributed by atoms with Crippen molar-refractivity contribution in [2.45, 2.75) is 39.8 Å². The summed E-state index contributed by atoms with van der Waals surface area (Å²) in [5.41, 5.74) is 5.97. The normalized spacial score (nSPS) is 11.6. The molecular formula is C13H23N3O2. The van der Waals surface area contributed by atoms with Crippen LogP contribution in [0, 0.1) is 0 Å². The van der Waals surface area contributed by atoms with Crippen molar-refractivity contribution in [3.63, 3.8) is 0 Å². The molecule has 0 aliphatic rings. The summed E-state index contributed by atoms with van der Waals surface area (Å²) in [7, 11) is 0. The zero-order chi connectivity index (χ0) is 13.9. The van der Waals surface area contributed by atoms with Crippen LogP contribution in [0.5, 0.6) is 0 Å². The van der Waals surface area contributed by atoms with E-state index in [0.717, 1.165) is 0 Å². The van der Waals surface area contributed by atoms with Crippen LogP contribution in [-0.4, -0.2) is 39.2 Å². The molecule has 0 bridgehead atoms. The first-order chi connectivity index (χ1) is 8.28. The number of carbonyl (C=O) groups is 1. The van der Waals surface area contributed by atoms with Crippen molar-refractivity contribution in [1.82, 2.24) is 9.47 Å². The number of nitrogen functional groups attached to an aromatic ring is 1. The van der Waals surface area contributed by atoms with E-state index in [1.54, 1.807) is 31.0 Å². The Kier molecular flexibility index (Phi) is 4.40. The second-order valence-corrected chi connectivity index (χ2v) is 5.08. The predicted molar refractivity (Wildman–Crippen MR) is 72.4 cm³/mol. The van der Waals surface area contributed by atoms with Crippen LogP contribution in [0.25, 0.3) is 0 Å². The van der Waals surface area contributed by atoms with Gasteiger partial charge in [0.2, 0.25) is 0 Å². The molecule has 0 unspecified atom stereocenters. The number of aliphatic hydroxyl groups is 1. The molecule has 0 fully saturated rings. The lowest BCUT2D eigenvalue weighted by Crippen LogP contribution is -2.42. The molecule has 3 N–H and O–H groups in total. The van der Waals surface area contributed by atoms with Gasteiger partial charge in [0.25, 0.3) is 5.91 Å². The van der Waals surface area contributed by atoms with Crippen molar-refractivity contribution in [2.24, 2.45) is 0 Å². The van der Waals surface area contributed by atoms with E-state index in [1.807, 2.05) is 18.4 Å². The molecule has 5 nitrogen and oxygen atoms in total. The third kappa shape index (κ3) is 3.50. The van der Waals surface area contributed by atoms with E-state index in [2.05, 4.69) is 0 Å². The molecule has 5 heteroatoms. The maximum Gasteiger partial charge on any atom is 0.270 e. The molecule has 0 atom stereocenters. The van der Waals surface area contributed by atoms with Crippen LogP contribution < -0.4 is 5.73 Å². The van der Waals surface area contributed by atoms with Crippen LogP contribution in [0.3, 0.4) is 0 Å². The Morgan fingerprint density at radius 1 is 1.50 bits per heavy atom. The summed E-state index contributed by atoms with van der Waals surface area (Å²) >= 11 is 0. The van der Waals surface area contributed by atoms with E-state index in [0.29, 0.717) is 31.0 Å². The summed E-state index contributed by atoms with van der Waals surface area (Å²) in [5, 5.41) is 9.82. The average Bonchev–Trinajstić information content (AvgIpc) is 2.65. The number of likely N-dealkylation sites (N-methyl/N-ethyl adjacent to an activating group) is 1. The second kappa shape index (κ2) is 5.44. The highest BCUT2D eigenvalue weighted by atomic mass is 16.3. The first-order valence-electron chi connectivity index (χ1n) is 6.25. The number of aromatic nitrogens is 1. The smallest absolute Gasteiger partial charge is 0.270 e. The lowest BCUT2D eigenvalue weighted by molar-refractivity contribution is 0.0309. The highest BCUT2D eigenvalue weighted by molar-refractivity contribution is 5.93. The minimum atomic E-state index is -0.902. The Hall–Kier alpha value is -1.49. The molecule has 0 saturated carbocycles. The number of nitrogens with zero attached hydrogens (tertiary/aromatic N) is 2. The first kappa shape index (κ1) is 14.6. The fourth-order valence-corrected chi connectivity index (χ4v) is 1.93. The minimum Gasteiger partial charge on any atom is -0.397 e. The summed E-state index contributed by atoms with van der Waals surface area (Å²) in [6.45, 7) is 8.79. The molecule has 1 aromatic heterocycles. The van der Waals surface area contributed by atoms with Crippen LogP contribution in [0.2, 0.25) is 0 Å². The molecule has 102 valence electrons. The van der Waals surface area contributed by atoms with Gasteiger partial charge in [0.05, 0.1) is 11.3 Å². The number of hydrogen-bond acceptors (Lipinski definition) is 3. The van der Waals surface area contributed by atoms with Gasteiger partial charge in [-0.15, -0.1) is 0 Å². The Morgan fingerprint density at radius 2 is 2.11 bits per heavy atom. The fraction of sp³-hybridized carbons (Fsp3) is 0.615. The summed E-state index contributed by atoms with van der Waals surface area (Å²) in [6, 6.07) is 1.68. The number of nitrogens with two attached hydrogens (primary N) is 1. The van der Waals surface area contributed by atoms with Gasteiger partial charge in [-0.3, -0.25) is 4.79 Å². The van der Waals surface area contributed by atoms with E-state index in [-0.39, 0.29) is 5.91 Å². The summed E-state index contributed by atoms with van der Waals surface area (Å²) in [6.07, 6.45) is 1.76. The molecule has 1 aromatic rings. The molecule has 0 spiro atoms. The molecule has 0 aliphatic carbocycles. The van der Waals surface area contributed by atoms with Crippen LogP contribution in [0.1, 0.15) is 38.2 Å². The van der Waals surface area contributed by atoms with Crippen molar-refractivity contribution in [3.05, 3.63) is 18.0 Å². The predicted octanol–water partition coefficient (Wildman–Crippen LogP) is 1.32. The topological polar surface area (TPSA) is 71.5 Å². The molecule has 0 radical (unpaired) electrons. The summed E-state index contributed by atoms with van der Waals surface area (Å²) < 4.78 is 1.82. The van der Waals surface area contributed by atoms with Gasteiger partial charge in [-0.05, 0) is 33.8 Å². The number of amides is 1. The van der Waals surface area contributed by atoms with Crippen LogP contribution in [0.15, 0.2) is 12.3 Å². The van der Waals surface area contributed by atoms with E-state index in [1.165, 1.54) is 0 Å². The molecule has 1 heterocycles. The van der Waals surface area contributed by atoms with Gasteiger partial charge < -0.3 is 20.3 Å². The van der Waals surface area contributed by atoms with Gasteiger partial charge in [-0.1, -0.05) is 0 Å². The van der Waals surface area contributed by atoms with Crippen molar-refractivity contribution in [3.8, 4) is 0 Å². The van der Waals surface area contributed by atoms with Gasteiger partial charge in [-0.2, -0.15) is 0 Å². The third-order valence-corrected chi connectivity index (χ3v) is 2.72. The molecule has 1 amide bonds. The minimum absolute atomic E-state index is 0.0989. The van der Waals surface area contributed by atoms with Gasteiger partial charge in [0.1, 0.15) is 5.69 Å².